The van der Waals surface area contributed by atoms with Crippen LogP contribution in [0.5, 0.6) is 0 Å². The van der Waals surface area contributed by atoms with Crippen molar-refractivity contribution in [3.63, 3.8) is 0 Å². The number of hydrogen-bond acceptors (Lipinski definition) is 3. The van der Waals surface area contributed by atoms with E-state index in [1.54, 1.807) is 0 Å². The summed E-state index contributed by atoms with van der Waals surface area (Å²) in [5.41, 5.74) is 2.41. The Hall–Kier alpha value is -1.43. The third-order valence-corrected chi connectivity index (χ3v) is 1.75. The number of carbonyl (C=O) groups is 1. The summed E-state index contributed by atoms with van der Waals surface area (Å²) in [7, 11) is 0. The van der Waals surface area contributed by atoms with Crippen molar-refractivity contribution in [3.8, 4) is 0 Å². The van der Waals surface area contributed by atoms with Gasteiger partial charge in [-0.15, -0.1) is 0 Å². The second-order valence-corrected chi connectivity index (χ2v) is 2.80. The number of nitrogen functional groups attached to an aromatic ring is 1. The van der Waals surface area contributed by atoms with E-state index in [0.29, 0.717) is 0 Å². The lowest BCUT2D eigenvalue weighted by Crippen LogP contribution is -2.17. The molecule has 0 amide bonds. The Balaban J connectivity index is 3.43. The molecule has 1 aromatic rings. The fraction of sp³-hybridized carbons (Fsp3) is 0.143. The fourth-order valence-electron chi connectivity index (χ4n) is 0.876. The van der Waals surface area contributed by atoms with E-state index < -0.39 is 34.2 Å². The van der Waals surface area contributed by atoms with Crippen molar-refractivity contribution in [1.29, 1.82) is 0 Å². The molecular weight excluding hydrogens is 218 g/mol. The van der Waals surface area contributed by atoms with Gasteiger partial charge in [0.15, 0.2) is 0 Å². The van der Waals surface area contributed by atoms with Gasteiger partial charge in [-0.25, -0.2) is 8.78 Å². The van der Waals surface area contributed by atoms with E-state index in [4.69, 9.17) is 17.3 Å². The first kappa shape index (κ1) is 10.6. The van der Waals surface area contributed by atoms with Gasteiger partial charge in [-0.2, -0.15) is 0 Å². The van der Waals surface area contributed by atoms with Gasteiger partial charge in [0.1, 0.15) is 11.4 Å². The third-order valence-electron chi connectivity index (χ3n) is 1.55. The maximum atomic E-state index is 12.3. The zero-order valence-corrected chi connectivity index (χ0v) is 7.44. The number of aromatic amines is 1. The van der Waals surface area contributed by atoms with Crippen molar-refractivity contribution in [2.24, 2.45) is 0 Å². The molecule has 0 bridgehead atoms. The van der Waals surface area contributed by atoms with Gasteiger partial charge >= 0.3 is 0 Å². The zero-order valence-electron chi connectivity index (χ0n) is 6.68. The van der Waals surface area contributed by atoms with Gasteiger partial charge in [0.05, 0.1) is 0 Å². The molecule has 0 saturated heterocycles. The van der Waals surface area contributed by atoms with E-state index in [2.05, 4.69) is 0 Å². The van der Waals surface area contributed by atoms with Crippen molar-refractivity contribution >= 4 is 22.5 Å². The first-order valence-electron chi connectivity index (χ1n) is 3.44. The number of carbonyl (C=O) groups excluding carboxylic acids is 1. The van der Waals surface area contributed by atoms with Crippen LogP contribution in [-0.4, -0.2) is 10.2 Å². The van der Waals surface area contributed by atoms with Crippen molar-refractivity contribution in [1.82, 2.24) is 4.98 Å². The smallest absolute Gasteiger partial charge is 0.272 e. The SMILES string of the molecule is Nc1c(C(F)F)cc(C(=O)Cl)[nH]c1=O. The van der Waals surface area contributed by atoms with Crippen LogP contribution in [-0.2, 0) is 0 Å². The molecule has 0 aromatic carbocycles. The summed E-state index contributed by atoms with van der Waals surface area (Å²) in [6, 6.07) is 0.761. The average Bonchev–Trinajstić information content (AvgIpc) is 2.08. The molecule has 0 aliphatic carbocycles. The third kappa shape index (κ3) is 1.90. The van der Waals surface area contributed by atoms with Crippen LogP contribution in [0.4, 0.5) is 14.5 Å². The largest absolute Gasteiger partial charge is 0.394 e. The highest BCUT2D eigenvalue weighted by Gasteiger charge is 2.17. The van der Waals surface area contributed by atoms with Gasteiger partial charge in [-0.05, 0) is 17.7 Å². The molecule has 14 heavy (non-hydrogen) atoms. The molecule has 4 nitrogen and oxygen atoms in total. The molecule has 0 spiro atoms. The normalized spacial score (nSPS) is 10.6. The van der Waals surface area contributed by atoms with Crippen LogP contribution in [0, 0.1) is 0 Å². The molecule has 0 aliphatic heterocycles. The number of halogens is 3. The lowest BCUT2D eigenvalue weighted by molar-refractivity contribution is 0.107. The number of anilines is 1. The maximum absolute atomic E-state index is 12.3. The van der Waals surface area contributed by atoms with Crippen LogP contribution in [0.25, 0.3) is 0 Å². The summed E-state index contributed by atoms with van der Waals surface area (Å²) in [5, 5.41) is -1.02. The monoisotopic (exact) mass is 222 g/mol. The van der Waals surface area contributed by atoms with E-state index in [9.17, 15) is 18.4 Å². The summed E-state index contributed by atoms with van der Waals surface area (Å²) in [5.74, 6) is 0. The highest BCUT2D eigenvalue weighted by Crippen LogP contribution is 2.22. The predicted octanol–water partition coefficient (Wildman–Crippen LogP) is 1.27. The summed E-state index contributed by atoms with van der Waals surface area (Å²) in [4.78, 5) is 23.5. The summed E-state index contributed by atoms with van der Waals surface area (Å²) in [6.07, 6.45) is -2.92. The Morgan fingerprint density at radius 2 is 2.14 bits per heavy atom. The minimum Gasteiger partial charge on any atom is -0.394 e. The number of nitrogens with one attached hydrogen (secondary N) is 1. The molecule has 0 unspecified atom stereocenters. The molecule has 0 saturated carbocycles. The zero-order chi connectivity index (χ0) is 10.9. The Morgan fingerprint density at radius 3 is 2.57 bits per heavy atom. The lowest BCUT2D eigenvalue weighted by Gasteiger charge is -2.04. The van der Waals surface area contributed by atoms with Gasteiger partial charge < -0.3 is 10.7 Å². The fourth-order valence-corrected chi connectivity index (χ4v) is 0.978. The van der Waals surface area contributed by atoms with Gasteiger partial charge in [0.2, 0.25) is 0 Å². The van der Waals surface area contributed by atoms with Crippen molar-refractivity contribution in [3.05, 3.63) is 27.7 Å². The minimum absolute atomic E-state index is 0.402. The average molecular weight is 223 g/mol. The molecule has 0 aliphatic rings. The number of nitrogens with two attached hydrogens (primary N) is 1. The van der Waals surface area contributed by atoms with Gasteiger partial charge in [0.25, 0.3) is 17.2 Å². The molecule has 1 heterocycles. The van der Waals surface area contributed by atoms with E-state index in [0.717, 1.165) is 6.07 Å². The van der Waals surface area contributed by atoms with Crippen LogP contribution in [0.2, 0.25) is 0 Å². The first-order chi connectivity index (χ1) is 6.43. The van der Waals surface area contributed by atoms with E-state index in [-0.39, 0.29) is 0 Å². The van der Waals surface area contributed by atoms with Crippen LogP contribution in [0.1, 0.15) is 22.5 Å². The summed E-state index contributed by atoms with van der Waals surface area (Å²) in [6.45, 7) is 0. The standard InChI is InChI=1S/C7H5ClF2N2O2/c8-5(13)3-1-2(6(9)10)4(11)7(14)12-3/h1,6H,11H2,(H,12,14). The van der Waals surface area contributed by atoms with E-state index in [1.807, 2.05) is 4.98 Å². The number of rotatable bonds is 2. The topological polar surface area (TPSA) is 76.0 Å². The Bertz CT molecular complexity index is 430. The highest BCUT2D eigenvalue weighted by atomic mass is 35.5. The predicted molar refractivity (Wildman–Crippen MR) is 46.6 cm³/mol. The molecule has 0 atom stereocenters. The highest BCUT2D eigenvalue weighted by molar-refractivity contribution is 6.67. The first-order valence-corrected chi connectivity index (χ1v) is 3.82. The van der Waals surface area contributed by atoms with Gasteiger partial charge in [0, 0.05) is 5.56 Å². The quantitative estimate of drug-likeness (QED) is 0.740. The van der Waals surface area contributed by atoms with Gasteiger partial charge in [-0.1, -0.05) is 0 Å². The molecule has 7 heteroatoms. The van der Waals surface area contributed by atoms with E-state index >= 15 is 0 Å². The Kier molecular flexibility index (Phi) is 2.85. The van der Waals surface area contributed by atoms with Crippen LogP contribution < -0.4 is 11.3 Å². The molecule has 76 valence electrons. The minimum atomic E-state index is -2.92. The molecule has 0 fully saturated rings. The van der Waals surface area contributed by atoms with Crippen LogP contribution in [0.3, 0.4) is 0 Å². The Labute approximate surface area is 81.7 Å². The van der Waals surface area contributed by atoms with Crippen molar-refractivity contribution in [2.75, 3.05) is 5.73 Å². The van der Waals surface area contributed by atoms with Crippen LogP contribution in [0.15, 0.2) is 10.9 Å². The number of alkyl halides is 2. The molecule has 3 N–H and O–H groups in total. The van der Waals surface area contributed by atoms with Crippen molar-refractivity contribution in [2.45, 2.75) is 6.43 Å². The molecule has 0 radical (unpaired) electrons. The molecule has 1 aromatic heterocycles. The summed E-state index contributed by atoms with van der Waals surface area (Å²) < 4.78 is 24.5. The van der Waals surface area contributed by atoms with Crippen molar-refractivity contribution < 1.29 is 13.6 Å². The number of hydrogen-bond donors (Lipinski definition) is 2. The number of aromatic nitrogens is 1. The lowest BCUT2D eigenvalue weighted by atomic mass is 10.2. The van der Waals surface area contributed by atoms with Gasteiger partial charge in [-0.3, -0.25) is 9.59 Å². The second-order valence-electron chi connectivity index (χ2n) is 2.46. The Morgan fingerprint density at radius 1 is 1.57 bits per heavy atom. The number of H-pyrrole nitrogens is 1. The molecular formula is C7H5ClF2N2O2. The molecule has 1 rings (SSSR count). The summed E-state index contributed by atoms with van der Waals surface area (Å²) >= 11 is 5.01. The second kappa shape index (κ2) is 3.75. The maximum Gasteiger partial charge on any atom is 0.272 e. The van der Waals surface area contributed by atoms with Crippen LogP contribution >= 0.6 is 11.6 Å². The van der Waals surface area contributed by atoms with E-state index in [1.165, 1.54) is 0 Å². The number of pyridine rings is 1.